The molecule has 0 aromatic heterocycles. The summed E-state index contributed by atoms with van der Waals surface area (Å²) in [7, 11) is 0. The van der Waals surface area contributed by atoms with Crippen LogP contribution >= 0.6 is 0 Å². The highest BCUT2D eigenvalue weighted by atomic mass is 16.5. The van der Waals surface area contributed by atoms with Crippen LogP contribution in [0.4, 0.5) is 0 Å². The number of unbranched alkanes of at least 4 members (excludes halogenated alkanes) is 35. The van der Waals surface area contributed by atoms with E-state index < -0.39 is 12.1 Å². The first-order chi connectivity index (χ1) is 30.0. The van der Waals surface area contributed by atoms with E-state index in [1.807, 2.05) is 0 Å². The van der Waals surface area contributed by atoms with Crippen LogP contribution in [-0.2, 0) is 14.3 Å². The molecule has 6 nitrogen and oxygen atoms in total. The van der Waals surface area contributed by atoms with Crippen LogP contribution in [0, 0.1) is 0 Å². The van der Waals surface area contributed by atoms with E-state index in [-0.39, 0.29) is 18.5 Å². The molecule has 0 saturated heterocycles. The maximum absolute atomic E-state index is 12.4. The zero-order chi connectivity index (χ0) is 44.4. The number of aliphatic hydroxyl groups is 2. The molecule has 0 fully saturated rings. The van der Waals surface area contributed by atoms with Crippen molar-refractivity contribution in [2.45, 2.75) is 302 Å². The smallest absolute Gasteiger partial charge is 0.305 e. The first-order valence-electron chi connectivity index (χ1n) is 27.1. The molecule has 0 radical (unpaired) electrons. The lowest BCUT2D eigenvalue weighted by Crippen LogP contribution is -2.45. The third-order valence-electron chi connectivity index (χ3n) is 12.5. The van der Waals surface area contributed by atoms with Crippen molar-refractivity contribution in [1.29, 1.82) is 0 Å². The number of esters is 1. The number of aliphatic hydroxyl groups excluding tert-OH is 2. The van der Waals surface area contributed by atoms with Crippen molar-refractivity contribution in [3.8, 4) is 0 Å². The number of amides is 1. The Morgan fingerprint density at radius 3 is 1.20 bits per heavy atom. The van der Waals surface area contributed by atoms with Crippen LogP contribution in [0.25, 0.3) is 0 Å². The van der Waals surface area contributed by atoms with Gasteiger partial charge in [-0.1, -0.05) is 231 Å². The number of rotatable bonds is 50. The summed E-state index contributed by atoms with van der Waals surface area (Å²) in [5.41, 5.74) is 0. The van der Waals surface area contributed by atoms with E-state index >= 15 is 0 Å². The lowest BCUT2D eigenvalue weighted by Gasteiger charge is -2.22. The second-order valence-corrected chi connectivity index (χ2v) is 18.6. The molecule has 0 aliphatic rings. The molecule has 0 saturated carbocycles. The molecule has 0 aromatic carbocycles. The van der Waals surface area contributed by atoms with Crippen molar-refractivity contribution in [2.75, 3.05) is 13.2 Å². The van der Waals surface area contributed by atoms with Crippen molar-refractivity contribution in [2.24, 2.45) is 0 Å². The van der Waals surface area contributed by atoms with Gasteiger partial charge in [-0.2, -0.15) is 0 Å². The number of carbonyl (C=O) groups excluding carboxylic acids is 2. The third-order valence-corrected chi connectivity index (χ3v) is 12.5. The van der Waals surface area contributed by atoms with E-state index in [1.165, 1.54) is 186 Å². The average molecular weight is 860 g/mol. The maximum Gasteiger partial charge on any atom is 0.305 e. The topological polar surface area (TPSA) is 95.9 Å². The highest BCUT2D eigenvalue weighted by Crippen LogP contribution is 2.16. The van der Waals surface area contributed by atoms with Gasteiger partial charge in [0, 0.05) is 12.8 Å². The molecule has 0 bridgehead atoms. The molecule has 0 heterocycles. The van der Waals surface area contributed by atoms with Gasteiger partial charge in [-0.25, -0.2) is 0 Å². The molecular formula is C55H105NO5. The van der Waals surface area contributed by atoms with E-state index in [9.17, 15) is 19.8 Å². The standard InChI is InChI=1S/C55H105NO5/c1-3-5-7-9-11-13-15-17-19-21-22-23-25-27-29-33-37-41-45-49-55(60)61-50-46-42-38-34-30-32-36-40-44-48-54(59)56-52(51-57)53(58)47-43-39-35-31-28-26-24-20-18-16-14-12-10-8-6-4-2/h17,19,32,36,52-53,57-58H,3-16,18,20-31,33-35,37-51H2,1-2H3,(H,56,59)/b19-17-,36-32-. The highest BCUT2D eigenvalue weighted by molar-refractivity contribution is 5.76. The lowest BCUT2D eigenvalue weighted by atomic mass is 10.0. The van der Waals surface area contributed by atoms with E-state index in [0.29, 0.717) is 25.9 Å². The molecule has 0 rings (SSSR count). The van der Waals surface area contributed by atoms with E-state index in [2.05, 4.69) is 43.5 Å². The second-order valence-electron chi connectivity index (χ2n) is 18.6. The molecule has 0 spiro atoms. The first-order valence-corrected chi connectivity index (χ1v) is 27.1. The minimum absolute atomic E-state index is 0.0359. The van der Waals surface area contributed by atoms with E-state index in [1.54, 1.807) is 0 Å². The van der Waals surface area contributed by atoms with Gasteiger partial charge in [-0.15, -0.1) is 0 Å². The Labute approximate surface area is 380 Å². The minimum atomic E-state index is -0.695. The summed E-state index contributed by atoms with van der Waals surface area (Å²) in [6, 6.07) is -0.579. The summed E-state index contributed by atoms with van der Waals surface area (Å²) in [6.07, 6.45) is 60.2. The number of hydrogen-bond acceptors (Lipinski definition) is 5. The summed E-state index contributed by atoms with van der Waals surface area (Å²) >= 11 is 0. The van der Waals surface area contributed by atoms with Crippen LogP contribution in [0.15, 0.2) is 24.3 Å². The van der Waals surface area contributed by atoms with Gasteiger partial charge in [0.05, 0.1) is 25.4 Å². The zero-order valence-electron chi connectivity index (χ0n) is 40.9. The normalized spacial score (nSPS) is 12.8. The van der Waals surface area contributed by atoms with Crippen LogP contribution in [0.3, 0.4) is 0 Å². The number of allylic oxidation sites excluding steroid dienone is 4. The van der Waals surface area contributed by atoms with Crippen molar-refractivity contribution in [3.63, 3.8) is 0 Å². The Kier molecular flexibility index (Phi) is 49.6. The van der Waals surface area contributed by atoms with Crippen LogP contribution in [0.5, 0.6) is 0 Å². The van der Waals surface area contributed by atoms with Gasteiger partial charge in [0.25, 0.3) is 0 Å². The van der Waals surface area contributed by atoms with Gasteiger partial charge in [-0.05, 0) is 70.6 Å². The summed E-state index contributed by atoms with van der Waals surface area (Å²) in [5, 5.41) is 23.2. The summed E-state index contributed by atoms with van der Waals surface area (Å²) in [5.74, 6) is -0.130. The lowest BCUT2D eigenvalue weighted by molar-refractivity contribution is -0.143. The van der Waals surface area contributed by atoms with Crippen LogP contribution in [0.1, 0.15) is 290 Å². The number of hydrogen-bond donors (Lipinski definition) is 3. The Morgan fingerprint density at radius 2 is 0.787 bits per heavy atom. The fourth-order valence-corrected chi connectivity index (χ4v) is 8.28. The molecule has 0 aliphatic carbocycles. The summed E-state index contributed by atoms with van der Waals surface area (Å²) in [4.78, 5) is 24.5. The van der Waals surface area contributed by atoms with Crippen molar-refractivity contribution in [3.05, 3.63) is 24.3 Å². The Morgan fingerprint density at radius 1 is 0.443 bits per heavy atom. The van der Waals surface area contributed by atoms with Gasteiger partial charge in [0.15, 0.2) is 0 Å². The van der Waals surface area contributed by atoms with Gasteiger partial charge < -0.3 is 20.3 Å². The minimum Gasteiger partial charge on any atom is -0.466 e. The van der Waals surface area contributed by atoms with Gasteiger partial charge in [0.2, 0.25) is 5.91 Å². The molecule has 6 heteroatoms. The number of carbonyl (C=O) groups is 2. The van der Waals surface area contributed by atoms with Crippen LogP contribution in [-0.4, -0.2) is 47.4 Å². The molecule has 1 amide bonds. The fraction of sp³-hybridized carbons (Fsp3) is 0.891. The largest absolute Gasteiger partial charge is 0.466 e. The average Bonchev–Trinajstić information content (AvgIpc) is 3.26. The molecule has 360 valence electrons. The Bertz CT molecular complexity index is 951. The SMILES string of the molecule is CCCCCCCC/C=C\CCCCCCCCCCCC(=O)OCCCCCC/C=C\CCCC(=O)NC(CO)C(O)CCCCCCCCCCCCCCCCCC. The Balaban J connectivity index is 3.51. The third kappa shape index (κ3) is 47.7. The first kappa shape index (κ1) is 59.3. The summed E-state index contributed by atoms with van der Waals surface area (Å²) in [6.45, 7) is 4.87. The molecule has 3 N–H and O–H groups in total. The predicted molar refractivity (Wildman–Crippen MR) is 264 cm³/mol. The van der Waals surface area contributed by atoms with Gasteiger partial charge in [0.1, 0.15) is 0 Å². The predicted octanol–water partition coefficient (Wildman–Crippen LogP) is 16.3. The number of nitrogens with one attached hydrogen (secondary N) is 1. The maximum atomic E-state index is 12.4. The van der Waals surface area contributed by atoms with E-state index in [0.717, 1.165) is 70.6 Å². The molecule has 0 aromatic rings. The molecule has 0 aliphatic heterocycles. The summed E-state index contributed by atoms with van der Waals surface area (Å²) < 4.78 is 5.45. The quantitative estimate of drug-likeness (QED) is 0.0322. The fourth-order valence-electron chi connectivity index (χ4n) is 8.28. The second kappa shape index (κ2) is 51.0. The molecule has 61 heavy (non-hydrogen) atoms. The zero-order valence-corrected chi connectivity index (χ0v) is 40.9. The van der Waals surface area contributed by atoms with Gasteiger partial charge >= 0.3 is 5.97 Å². The Hall–Kier alpha value is -1.66. The number of ether oxygens (including phenoxy) is 1. The van der Waals surface area contributed by atoms with Crippen molar-refractivity contribution < 1.29 is 24.5 Å². The van der Waals surface area contributed by atoms with Crippen molar-refractivity contribution in [1.82, 2.24) is 5.32 Å². The molecule has 2 atom stereocenters. The van der Waals surface area contributed by atoms with Crippen molar-refractivity contribution >= 4 is 11.9 Å². The van der Waals surface area contributed by atoms with Crippen LogP contribution in [0.2, 0.25) is 0 Å². The van der Waals surface area contributed by atoms with Crippen LogP contribution < -0.4 is 5.32 Å². The molecular weight excluding hydrogens is 755 g/mol. The molecule has 2 unspecified atom stereocenters. The highest BCUT2D eigenvalue weighted by Gasteiger charge is 2.20. The monoisotopic (exact) mass is 860 g/mol. The van der Waals surface area contributed by atoms with Gasteiger partial charge in [-0.3, -0.25) is 9.59 Å². The van der Waals surface area contributed by atoms with E-state index in [4.69, 9.17) is 4.74 Å².